The molecule has 2 rings (SSSR count). The number of rotatable bonds is 1. The summed E-state index contributed by atoms with van der Waals surface area (Å²) in [6.45, 7) is 10.8. The molecule has 0 atom stereocenters. The molecular formula is C15H26. The quantitative estimate of drug-likeness (QED) is 0.601. The van der Waals surface area contributed by atoms with Crippen molar-refractivity contribution in [2.45, 2.75) is 53.9 Å². The van der Waals surface area contributed by atoms with Crippen LogP contribution >= 0.6 is 0 Å². The predicted octanol–water partition coefficient (Wildman–Crippen LogP) is 5.08. The highest BCUT2D eigenvalue weighted by atomic mass is 14.4. The molecule has 0 aliphatic heterocycles. The highest BCUT2D eigenvalue weighted by molar-refractivity contribution is 5.13. The molecule has 0 radical (unpaired) electrons. The van der Waals surface area contributed by atoms with Gasteiger partial charge in [-0.25, -0.2) is 0 Å². The van der Waals surface area contributed by atoms with E-state index < -0.39 is 0 Å². The number of hydrogen-bond donors (Lipinski definition) is 0. The minimum atomic E-state index is 0.750. The van der Waals surface area contributed by atoms with Crippen molar-refractivity contribution in [3.8, 4) is 0 Å². The van der Waals surface area contributed by atoms with Gasteiger partial charge in [0.05, 0.1) is 0 Å². The van der Waals surface area contributed by atoms with Crippen LogP contribution in [-0.4, -0.2) is 0 Å². The first kappa shape index (κ1) is 14.2. The summed E-state index contributed by atoms with van der Waals surface area (Å²) in [7, 11) is 0. The van der Waals surface area contributed by atoms with Gasteiger partial charge in [-0.1, -0.05) is 65.0 Å². The molecule has 1 aromatic carbocycles. The van der Waals surface area contributed by atoms with Crippen molar-refractivity contribution in [2.24, 2.45) is 5.41 Å². The molecule has 0 amide bonds. The van der Waals surface area contributed by atoms with Gasteiger partial charge in [-0.2, -0.15) is 0 Å². The Hall–Kier alpha value is -0.780. The minimum absolute atomic E-state index is 0.750. The number of aryl methyl sites for hydroxylation is 1. The Balaban J connectivity index is 0.000000241. The van der Waals surface area contributed by atoms with E-state index >= 15 is 0 Å². The van der Waals surface area contributed by atoms with Crippen LogP contribution in [0, 0.1) is 5.41 Å². The standard InChI is InChI=1S/C8H10.C5H10.C2H6/c1-2-8-6-4-3-5-7-8;1-5(2)3-4-5;1-2/h3-7H,2H2,1H3;3-4H2,1-2H3;1-2H3. The van der Waals surface area contributed by atoms with Gasteiger partial charge in [0, 0.05) is 0 Å². The summed E-state index contributed by atoms with van der Waals surface area (Å²) in [6.07, 6.45) is 4.04. The summed E-state index contributed by atoms with van der Waals surface area (Å²) in [5.41, 5.74) is 2.16. The van der Waals surface area contributed by atoms with Gasteiger partial charge in [-0.05, 0) is 30.2 Å². The fraction of sp³-hybridized carbons (Fsp3) is 0.600. The molecule has 0 heterocycles. The van der Waals surface area contributed by atoms with Gasteiger partial charge in [0.15, 0.2) is 0 Å². The van der Waals surface area contributed by atoms with Crippen LogP contribution < -0.4 is 0 Å². The third-order valence-corrected chi connectivity index (χ3v) is 2.50. The lowest BCUT2D eigenvalue weighted by atomic mass is 10.2. The second-order valence-corrected chi connectivity index (χ2v) is 4.50. The van der Waals surface area contributed by atoms with Gasteiger partial charge in [-0.15, -0.1) is 0 Å². The Morgan fingerprint density at radius 1 is 1.00 bits per heavy atom. The zero-order valence-electron chi connectivity index (χ0n) is 11.0. The van der Waals surface area contributed by atoms with Gasteiger partial charge >= 0.3 is 0 Å². The van der Waals surface area contributed by atoms with Gasteiger partial charge in [0.25, 0.3) is 0 Å². The van der Waals surface area contributed by atoms with E-state index in [1.165, 1.54) is 18.4 Å². The van der Waals surface area contributed by atoms with Crippen molar-refractivity contribution in [1.82, 2.24) is 0 Å². The van der Waals surface area contributed by atoms with E-state index in [1.54, 1.807) is 0 Å². The van der Waals surface area contributed by atoms with E-state index in [2.05, 4.69) is 45.0 Å². The maximum atomic E-state index is 2.30. The third-order valence-electron chi connectivity index (χ3n) is 2.50. The Kier molecular flexibility index (Phi) is 7.11. The Labute approximate surface area is 95.7 Å². The van der Waals surface area contributed by atoms with E-state index in [9.17, 15) is 0 Å². The van der Waals surface area contributed by atoms with Crippen LogP contribution in [0.3, 0.4) is 0 Å². The SMILES string of the molecule is CC.CC1(C)CC1.CCc1ccccc1. The molecule has 1 fully saturated rings. The van der Waals surface area contributed by atoms with Crippen molar-refractivity contribution in [2.75, 3.05) is 0 Å². The summed E-state index contributed by atoms with van der Waals surface area (Å²) in [5.74, 6) is 0. The number of benzene rings is 1. The average molecular weight is 206 g/mol. The van der Waals surface area contributed by atoms with Gasteiger partial charge in [0.1, 0.15) is 0 Å². The van der Waals surface area contributed by atoms with Crippen molar-refractivity contribution < 1.29 is 0 Å². The smallest absolute Gasteiger partial charge is 0.0307 e. The molecule has 0 N–H and O–H groups in total. The molecule has 0 heteroatoms. The fourth-order valence-corrected chi connectivity index (χ4v) is 0.964. The largest absolute Gasteiger partial charge is 0.0683 e. The van der Waals surface area contributed by atoms with Crippen LogP contribution in [-0.2, 0) is 6.42 Å². The highest BCUT2D eigenvalue weighted by Crippen LogP contribution is 2.43. The first-order chi connectivity index (χ1) is 7.14. The second kappa shape index (κ2) is 7.50. The molecule has 0 unspecified atom stereocenters. The van der Waals surface area contributed by atoms with Crippen LogP contribution in [0.15, 0.2) is 30.3 Å². The van der Waals surface area contributed by atoms with E-state index in [-0.39, 0.29) is 0 Å². The first-order valence-corrected chi connectivity index (χ1v) is 6.18. The van der Waals surface area contributed by atoms with E-state index in [4.69, 9.17) is 0 Å². The zero-order chi connectivity index (χ0) is 11.7. The molecule has 0 spiro atoms. The lowest BCUT2D eigenvalue weighted by Crippen LogP contribution is -1.75. The van der Waals surface area contributed by atoms with E-state index in [0.29, 0.717) is 0 Å². The maximum Gasteiger partial charge on any atom is -0.0307 e. The van der Waals surface area contributed by atoms with Gasteiger partial charge in [-0.3, -0.25) is 0 Å². The molecule has 1 saturated carbocycles. The lowest BCUT2D eigenvalue weighted by molar-refractivity contribution is 0.653. The highest BCUT2D eigenvalue weighted by Gasteiger charge is 2.30. The van der Waals surface area contributed by atoms with Gasteiger partial charge in [0.2, 0.25) is 0 Å². The normalized spacial score (nSPS) is 15.3. The molecular weight excluding hydrogens is 180 g/mol. The molecule has 15 heavy (non-hydrogen) atoms. The monoisotopic (exact) mass is 206 g/mol. The molecule has 0 saturated heterocycles. The summed E-state index contributed by atoms with van der Waals surface area (Å²) >= 11 is 0. The lowest BCUT2D eigenvalue weighted by Gasteiger charge is -1.89. The summed E-state index contributed by atoms with van der Waals surface area (Å²) in [6, 6.07) is 10.5. The van der Waals surface area contributed by atoms with Crippen molar-refractivity contribution in [1.29, 1.82) is 0 Å². The molecule has 1 aliphatic carbocycles. The molecule has 86 valence electrons. The summed E-state index contributed by atoms with van der Waals surface area (Å²) < 4.78 is 0. The predicted molar refractivity (Wildman–Crippen MR) is 70.2 cm³/mol. The Morgan fingerprint density at radius 2 is 1.40 bits per heavy atom. The van der Waals surface area contributed by atoms with Crippen molar-refractivity contribution in [3.05, 3.63) is 35.9 Å². The van der Waals surface area contributed by atoms with Crippen LogP contribution in [0.25, 0.3) is 0 Å². The summed E-state index contributed by atoms with van der Waals surface area (Å²) in [4.78, 5) is 0. The average Bonchev–Trinajstić information content (AvgIpc) is 2.99. The second-order valence-electron chi connectivity index (χ2n) is 4.50. The van der Waals surface area contributed by atoms with Gasteiger partial charge < -0.3 is 0 Å². The molecule has 0 aromatic heterocycles. The Bertz CT molecular complexity index is 227. The van der Waals surface area contributed by atoms with Crippen molar-refractivity contribution in [3.63, 3.8) is 0 Å². The molecule has 1 aromatic rings. The molecule has 1 aliphatic rings. The van der Waals surface area contributed by atoms with Crippen molar-refractivity contribution >= 4 is 0 Å². The maximum absolute atomic E-state index is 2.30. The first-order valence-electron chi connectivity index (χ1n) is 6.18. The topological polar surface area (TPSA) is 0 Å². The van der Waals surface area contributed by atoms with Crippen LogP contribution in [0.1, 0.15) is 53.0 Å². The molecule has 0 nitrogen and oxygen atoms in total. The van der Waals surface area contributed by atoms with Crippen LogP contribution in [0.5, 0.6) is 0 Å². The molecule has 0 bridgehead atoms. The fourth-order valence-electron chi connectivity index (χ4n) is 0.964. The summed E-state index contributed by atoms with van der Waals surface area (Å²) in [5, 5.41) is 0. The Morgan fingerprint density at radius 3 is 1.60 bits per heavy atom. The zero-order valence-corrected chi connectivity index (χ0v) is 11.0. The third kappa shape index (κ3) is 8.23. The number of hydrogen-bond acceptors (Lipinski definition) is 0. The van der Waals surface area contributed by atoms with Crippen LogP contribution in [0.4, 0.5) is 0 Å². The van der Waals surface area contributed by atoms with E-state index in [1.807, 2.05) is 19.9 Å². The van der Waals surface area contributed by atoms with E-state index in [0.717, 1.165) is 11.8 Å². The minimum Gasteiger partial charge on any atom is -0.0683 e. The van der Waals surface area contributed by atoms with Crippen LogP contribution in [0.2, 0.25) is 0 Å².